The van der Waals surface area contributed by atoms with Gasteiger partial charge in [0.05, 0.1) is 0 Å². The number of amides is 1. The quantitative estimate of drug-likeness (QED) is 0.100. The van der Waals surface area contributed by atoms with Gasteiger partial charge < -0.3 is 38.5 Å². The summed E-state index contributed by atoms with van der Waals surface area (Å²) in [6.07, 6.45) is 1.91. The van der Waals surface area contributed by atoms with Crippen molar-refractivity contribution in [3.63, 3.8) is 0 Å². The first-order chi connectivity index (χ1) is 27.2. The number of rotatable bonds is 8. The number of hydrogen-bond acceptors (Lipinski definition) is 13. The maximum atomic E-state index is 12.6. The molecule has 0 spiro atoms. The van der Waals surface area contributed by atoms with E-state index in [1.54, 1.807) is 39.0 Å². The number of esters is 4. The number of carbonyl (C=O) groups is 5. The van der Waals surface area contributed by atoms with Gasteiger partial charge >= 0.3 is 30.0 Å². The molecule has 2 aliphatic rings. The third kappa shape index (κ3) is 10.7. The molecule has 0 unspecified atom stereocenters. The molecule has 0 saturated heterocycles. The minimum atomic E-state index is -0.736. The minimum Gasteiger partial charge on any atom is -0.487 e. The highest BCUT2D eigenvalue weighted by molar-refractivity contribution is 6.14. The molecule has 4 aromatic carbocycles. The molecule has 2 N–H and O–H groups in total. The molecule has 58 heavy (non-hydrogen) atoms. The SMILES string of the molecule is CC(=O)Oc1c2c(c3ccccc3c1OC(=O)CNC(=O)OC(C)(C)C)OC(C)(C)CC2.CC(=O)Oc1c2c(c3ccccc3c1OC(=O)CNCl)OC(C)(C)CC2. The average molecular weight is 821 g/mol. The lowest BCUT2D eigenvalue weighted by Crippen LogP contribution is -2.36. The Morgan fingerprint density at radius 1 is 0.638 bits per heavy atom. The van der Waals surface area contributed by atoms with Gasteiger partial charge in [-0.1, -0.05) is 48.5 Å². The molecule has 0 aliphatic carbocycles. The number of halogens is 1. The summed E-state index contributed by atoms with van der Waals surface area (Å²) in [4.78, 5) is 62.3. The van der Waals surface area contributed by atoms with Crippen molar-refractivity contribution >= 4 is 63.3 Å². The third-order valence-electron chi connectivity index (χ3n) is 8.96. The van der Waals surface area contributed by atoms with Crippen molar-refractivity contribution < 1.29 is 57.1 Å². The Hall–Kier alpha value is -5.60. The summed E-state index contributed by atoms with van der Waals surface area (Å²) in [6, 6.07) is 14.7. The van der Waals surface area contributed by atoms with E-state index in [0.717, 1.165) is 22.8 Å². The van der Waals surface area contributed by atoms with E-state index < -0.39 is 47.7 Å². The molecule has 310 valence electrons. The highest BCUT2D eigenvalue weighted by Gasteiger charge is 2.35. The highest BCUT2D eigenvalue weighted by atomic mass is 35.5. The minimum absolute atomic E-state index is 0.119. The Morgan fingerprint density at radius 2 is 1.03 bits per heavy atom. The van der Waals surface area contributed by atoms with Gasteiger partial charge in [0.2, 0.25) is 0 Å². The zero-order valence-corrected chi connectivity index (χ0v) is 34.9. The molecule has 1 amide bonds. The third-order valence-corrected chi connectivity index (χ3v) is 9.10. The van der Waals surface area contributed by atoms with Crippen LogP contribution in [0.5, 0.6) is 34.5 Å². The van der Waals surface area contributed by atoms with Crippen molar-refractivity contribution in [3.05, 3.63) is 59.7 Å². The van der Waals surface area contributed by atoms with Crippen LogP contribution in [0.3, 0.4) is 0 Å². The Bertz CT molecular complexity index is 2260. The summed E-state index contributed by atoms with van der Waals surface area (Å²) in [6.45, 7) is 15.2. The van der Waals surface area contributed by atoms with E-state index in [4.69, 9.17) is 44.9 Å². The van der Waals surface area contributed by atoms with Gasteiger partial charge in [0, 0.05) is 46.5 Å². The first-order valence-electron chi connectivity index (χ1n) is 18.8. The fourth-order valence-electron chi connectivity index (χ4n) is 6.52. The normalized spacial score (nSPS) is 14.9. The van der Waals surface area contributed by atoms with Gasteiger partial charge in [-0.3, -0.25) is 14.4 Å². The molecule has 14 nitrogen and oxygen atoms in total. The predicted octanol–water partition coefficient (Wildman–Crippen LogP) is 7.82. The van der Waals surface area contributed by atoms with E-state index in [9.17, 15) is 24.0 Å². The number of carbonyl (C=O) groups excluding carboxylic acids is 5. The molecule has 0 radical (unpaired) electrons. The summed E-state index contributed by atoms with van der Waals surface area (Å²) >= 11 is 5.40. The lowest BCUT2D eigenvalue weighted by atomic mass is 9.91. The molecule has 6 rings (SSSR count). The van der Waals surface area contributed by atoms with E-state index in [1.165, 1.54) is 13.8 Å². The maximum Gasteiger partial charge on any atom is 0.408 e. The Kier molecular flexibility index (Phi) is 13.1. The Balaban J connectivity index is 0.000000226. The van der Waals surface area contributed by atoms with Crippen LogP contribution >= 0.6 is 11.8 Å². The van der Waals surface area contributed by atoms with Gasteiger partial charge in [0.1, 0.15) is 41.4 Å². The number of benzene rings is 4. The fraction of sp³-hybridized carbons (Fsp3) is 0.419. The lowest BCUT2D eigenvalue weighted by molar-refractivity contribution is -0.135. The van der Waals surface area contributed by atoms with Gasteiger partial charge in [-0.15, -0.1) is 0 Å². The summed E-state index contributed by atoms with van der Waals surface area (Å²) in [5.74, 6) is -0.387. The van der Waals surface area contributed by atoms with Crippen molar-refractivity contribution in [1.82, 2.24) is 10.2 Å². The molecule has 0 saturated carbocycles. The molecular weight excluding hydrogens is 772 g/mol. The first-order valence-corrected chi connectivity index (χ1v) is 19.2. The Labute approximate surface area is 341 Å². The van der Waals surface area contributed by atoms with Crippen LogP contribution in [0.4, 0.5) is 4.79 Å². The standard InChI is InChI=1S/C24H29NO7.C19H20ClNO5/c1-14(26)29-21-17-11-12-24(5,6)31-19(17)15-9-7-8-10-16(15)20(21)30-18(27)13-25-22(28)32-23(2,3)4;1-11(22)24-18-14-8-9-19(2,3)26-16(14)12-6-4-5-7-13(12)17(18)25-15(23)10-21-20/h7-10H,11-13H2,1-6H3,(H,25,28);4-7,21H,8-10H2,1-3H3. The molecule has 15 heteroatoms. The van der Waals surface area contributed by atoms with Crippen molar-refractivity contribution in [3.8, 4) is 34.5 Å². The fourth-order valence-corrected chi connectivity index (χ4v) is 6.63. The van der Waals surface area contributed by atoms with Gasteiger partial charge in [-0.05, 0) is 85.9 Å². The second-order valence-electron chi connectivity index (χ2n) is 16.0. The van der Waals surface area contributed by atoms with Crippen LogP contribution in [-0.2, 0) is 36.8 Å². The molecule has 0 aromatic heterocycles. The predicted molar refractivity (Wildman–Crippen MR) is 216 cm³/mol. The van der Waals surface area contributed by atoms with Crippen LogP contribution in [0, 0.1) is 0 Å². The van der Waals surface area contributed by atoms with Gasteiger partial charge in [-0.25, -0.2) is 14.4 Å². The van der Waals surface area contributed by atoms with E-state index in [1.807, 2.05) is 58.0 Å². The van der Waals surface area contributed by atoms with Crippen molar-refractivity contribution in [1.29, 1.82) is 0 Å². The molecule has 4 aromatic rings. The van der Waals surface area contributed by atoms with Gasteiger partial charge in [-0.2, -0.15) is 0 Å². The number of fused-ring (bicyclic) bond motifs is 6. The molecule has 0 bridgehead atoms. The summed E-state index contributed by atoms with van der Waals surface area (Å²) in [5, 5.41) is 5.10. The molecule has 0 atom stereocenters. The average Bonchev–Trinajstić information content (AvgIpc) is 3.12. The van der Waals surface area contributed by atoms with Crippen molar-refractivity contribution in [2.75, 3.05) is 13.1 Å². The van der Waals surface area contributed by atoms with Crippen LogP contribution in [-0.4, -0.2) is 59.9 Å². The van der Waals surface area contributed by atoms with Crippen LogP contribution < -0.4 is 38.6 Å². The second-order valence-corrected chi connectivity index (χ2v) is 16.3. The van der Waals surface area contributed by atoms with E-state index in [-0.39, 0.29) is 35.1 Å². The monoisotopic (exact) mass is 820 g/mol. The largest absolute Gasteiger partial charge is 0.487 e. The maximum absolute atomic E-state index is 12.6. The zero-order valence-electron chi connectivity index (χ0n) is 34.1. The van der Waals surface area contributed by atoms with E-state index in [0.29, 0.717) is 47.1 Å². The summed E-state index contributed by atoms with van der Waals surface area (Å²) in [5.41, 5.74) is -0.0390. The Morgan fingerprint density at radius 3 is 1.41 bits per heavy atom. The number of alkyl carbamates (subject to hydrolysis) is 1. The number of nitrogens with one attached hydrogen (secondary N) is 2. The van der Waals surface area contributed by atoms with Crippen LogP contribution in [0.1, 0.15) is 86.3 Å². The van der Waals surface area contributed by atoms with Gasteiger partial charge in [0.25, 0.3) is 0 Å². The van der Waals surface area contributed by atoms with E-state index >= 15 is 0 Å². The van der Waals surface area contributed by atoms with Crippen LogP contribution in [0.15, 0.2) is 48.5 Å². The second kappa shape index (κ2) is 17.5. The number of ether oxygens (including phenoxy) is 7. The molecule has 2 aliphatic heterocycles. The summed E-state index contributed by atoms with van der Waals surface area (Å²) in [7, 11) is 0. The molecular formula is C43H49ClN2O12. The highest BCUT2D eigenvalue weighted by Crippen LogP contribution is 2.51. The first kappa shape index (κ1) is 43.5. The van der Waals surface area contributed by atoms with Crippen LogP contribution in [0.25, 0.3) is 21.5 Å². The molecule has 0 fully saturated rings. The van der Waals surface area contributed by atoms with Crippen molar-refractivity contribution in [2.45, 2.75) is 105 Å². The van der Waals surface area contributed by atoms with E-state index in [2.05, 4.69) is 10.2 Å². The van der Waals surface area contributed by atoms with Crippen LogP contribution in [0.2, 0.25) is 0 Å². The number of hydrogen-bond donors (Lipinski definition) is 2. The molecule has 2 heterocycles. The smallest absolute Gasteiger partial charge is 0.408 e. The lowest BCUT2D eigenvalue weighted by Gasteiger charge is -2.34. The summed E-state index contributed by atoms with van der Waals surface area (Å²) < 4.78 is 39.6. The van der Waals surface area contributed by atoms with Crippen molar-refractivity contribution in [2.24, 2.45) is 0 Å². The topological polar surface area (TPSA) is 174 Å². The zero-order chi connectivity index (χ0) is 42.6. The van der Waals surface area contributed by atoms with Gasteiger partial charge in [0.15, 0.2) is 23.0 Å².